The fraction of sp³-hybridized carbons (Fsp3) is 0.0357. The largest absolute Gasteiger partial charge is 0.289 e. The first-order chi connectivity index (χ1) is 14.3. The van der Waals surface area contributed by atoms with Crippen molar-refractivity contribution < 1.29 is 4.79 Å². The molecule has 3 aromatic rings. The van der Waals surface area contributed by atoms with Crippen molar-refractivity contribution in [3.8, 4) is 12.3 Å². The molecule has 3 aromatic carbocycles. The summed E-state index contributed by atoms with van der Waals surface area (Å²) in [6.07, 6.45) is 10.9. The Morgan fingerprint density at radius 1 is 0.862 bits per heavy atom. The second-order valence-electron chi connectivity index (χ2n) is 7.15. The van der Waals surface area contributed by atoms with Crippen LogP contribution in [0.5, 0.6) is 0 Å². The number of fused-ring (bicyclic) bond motifs is 3. The summed E-state index contributed by atoms with van der Waals surface area (Å²) < 4.78 is 0. The normalized spacial score (nSPS) is 15.6. The summed E-state index contributed by atoms with van der Waals surface area (Å²) in [5.41, 5.74) is 7.62. The van der Waals surface area contributed by atoms with Crippen LogP contribution < -0.4 is 0 Å². The molecule has 0 unspecified atom stereocenters. The van der Waals surface area contributed by atoms with Crippen molar-refractivity contribution >= 4 is 33.3 Å². The van der Waals surface area contributed by atoms with E-state index in [4.69, 9.17) is 6.42 Å². The molecular weight excluding hydrogens is 352 g/mol. The standard InChI is InChI=1S/C28H18O/c1-3-5-11-18(4-2)24-26-21-16-9-14-19-15-10-17-22(23(19)21)27(26)25(28(24)29)20-12-7-6-8-13-20/h1,4-17H,2H3/b11-5-,18-4+. The van der Waals surface area contributed by atoms with Crippen molar-refractivity contribution in [2.24, 2.45) is 0 Å². The van der Waals surface area contributed by atoms with Gasteiger partial charge in [0.15, 0.2) is 5.78 Å². The number of carbonyl (C=O) groups is 1. The van der Waals surface area contributed by atoms with E-state index in [1.165, 1.54) is 10.8 Å². The minimum atomic E-state index is 0.0578. The molecule has 0 radical (unpaired) electrons. The summed E-state index contributed by atoms with van der Waals surface area (Å²) in [4.78, 5) is 13.8. The Hall–Kier alpha value is -3.89. The average molecular weight is 370 g/mol. The molecule has 0 aromatic heterocycles. The molecule has 136 valence electrons. The zero-order valence-electron chi connectivity index (χ0n) is 16.1. The van der Waals surface area contributed by atoms with Crippen molar-refractivity contribution in [3.05, 3.63) is 113 Å². The summed E-state index contributed by atoms with van der Waals surface area (Å²) >= 11 is 0. The second-order valence-corrected chi connectivity index (χ2v) is 7.15. The zero-order valence-corrected chi connectivity index (χ0v) is 16.1. The van der Waals surface area contributed by atoms with E-state index in [2.05, 4.69) is 42.3 Å². The maximum atomic E-state index is 13.8. The van der Waals surface area contributed by atoms with Crippen LogP contribution in [-0.4, -0.2) is 5.78 Å². The Bertz CT molecular complexity index is 1350. The molecule has 0 aliphatic heterocycles. The maximum Gasteiger partial charge on any atom is 0.195 e. The fourth-order valence-corrected chi connectivity index (χ4v) is 4.52. The average Bonchev–Trinajstić information content (AvgIpc) is 3.24. The molecule has 5 rings (SSSR count). The number of benzene rings is 3. The van der Waals surface area contributed by atoms with Gasteiger partial charge in [-0.25, -0.2) is 0 Å². The zero-order chi connectivity index (χ0) is 20.0. The monoisotopic (exact) mass is 370 g/mol. The Morgan fingerprint density at radius 3 is 2.21 bits per heavy atom. The van der Waals surface area contributed by atoms with Crippen LogP contribution in [0.4, 0.5) is 0 Å². The Kier molecular flexibility index (Phi) is 3.93. The molecule has 0 atom stereocenters. The van der Waals surface area contributed by atoms with Gasteiger partial charge >= 0.3 is 0 Å². The van der Waals surface area contributed by atoms with E-state index >= 15 is 0 Å². The van der Waals surface area contributed by atoms with Gasteiger partial charge in [0.1, 0.15) is 0 Å². The van der Waals surface area contributed by atoms with Gasteiger partial charge in [0.25, 0.3) is 0 Å². The van der Waals surface area contributed by atoms with E-state index < -0.39 is 0 Å². The Morgan fingerprint density at radius 2 is 1.55 bits per heavy atom. The highest BCUT2D eigenvalue weighted by Crippen LogP contribution is 2.55. The highest BCUT2D eigenvalue weighted by molar-refractivity contribution is 6.51. The van der Waals surface area contributed by atoms with E-state index in [-0.39, 0.29) is 5.78 Å². The molecule has 0 saturated heterocycles. The number of terminal acetylenes is 1. The smallest absolute Gasteiger partial charge is 0.195 e. The lowest BCUT2D eigenvalue weighted by atomic mass is 9.92. The first kappa shape index (κ1) is 17.2. The van der Waals surface area contributed by atoms with Gasteiger partial charge < -0.3 is 0 Å². The topological polar surface area (TPSA) is 17.1 Å². The summed E-state index contributed by atoms with van der Waals surface area (Å²) in [7, 11) is 0. The predicted octanol–water partition coefficient (Wildman–Crippen LogP) is 6.24. The van der Waals surface area contributed by atoms with Gasteiger partial charge in [-0.15, -0.1) is 6.42 Å². The number of carbonyl (C=O) groups excluding carboxylic acids is 1. The summed E-state index contributed by atoms with van der Waals surface area (Å²) in [6, 6.07) is 22.6. The van der Waals surface area contributed by atoms with Gasteiger partial charge in [0.2, 0.25) is 0 Å². The van der Waals surface area contributed by atoms with Crippen molar-refractivity contribution in [1.29, 1.82) is 0 Å². The van der Waals surface area contributed by atoms with Gasteiger partial charge in [-0.1, -0.05) is 78.7 Å². The van der Waals surface area contributed by atoms with E-state index in [0.29, 0.717) is 0 Å². The third kappa shape index (κ3) is 2.40. The molecule has 1 heteroatoms. The molecule has 1 nitrogen and oxygen atoms in total. The third-order valence-electron chi connectivity index (χ3n) is 5.67. The summed E-state index contributed by atoms with van der Waals surface area (Å²) in [5, 5.41) is 2.41. The van der Waals surface area contributed by atoms with Crippen LogP contribution in [0.3, 0.4) is 0 Å². The molecule has 0 amide bonds. The number of rotatable bonds is 3. The number of ketones is 1. The van der Waals surface area contributed by atoms with Crippen molar-refractivity contribution in [2.75, 3.05) is 0 Å². The van der Waals surface area contributed by atoms with E-state index in [1.54, 1.807) is 6.08 Å². The van der Waals surface area contributed by atoms with E-state index in [1.807, 2.05) is 49.4 Å². The fourth-order valence-electron chi connectivity index (χ4n) is 4.52. The minimum absolute atomic E-state index is 0.0578. The molecule has 0 spiro atoms. The third-order valence-corrected chi connectivity index (χ3v) is 5.67. The van der Waals surface area contributed by atoms with Gasteiger partial charge in [-0.05, 0) is 52.1 Å². The molecule has 0 heterocycles. The van der Waals surface area contributed by atoms with Crippen LogP contribution in [0.15, 0.2) is 96.1 Å². The van der Waals surface area contributed by atoms with Gasteiger partial charge in [0.05, 0.1) is 0 Å². The van der Waals surface area contributed by atoms with Crippen molar-refractivity contribution in [3.63, 3.8) is 0 Å². The first-order valence-electron chi connectivity index (χ1n) is 9.67. The van der Waals surface area contributed by atoms with Crippen LogP contribution in [0.25, 0.3) is 27.5 Å². The molecule has 29 heavy (non-hydrogen) atoms. The van der Waals surface area contributed by atoms with Crippen LogP contribution in [0, 0.1) is 12.3 Å². The SMILES string of the molecule is C#C/C=C\C(=C/C)C1=C2C(=C(c3ccccc3)C1=O)c1cccc3cccc2c13. The lowest BCUT2D eigenvalue weighted by molar-refractivity contribution is -0.110. The number of Topliss-reactive ketones (excluding diaryl/α,β-unsaturated/α-hetero) is 1. The molecule has 0 bridgehead atoms. The van der Waals surface area contributed by atoms with Gasteiger partial charge in [-0.3, -0.25) is 4.79 Å². The highest BCUT2D eigenvalue weighted by atomic mass is 16.1. The van der Waals surface area contributed by atoms with Crippen LogP contribution in [0.2, 0.25) is 0 Å². The quantitative estimate of drug-likeness (QED) is 0.394. The van der Waals surface area contributed by atoms with Crippen molar-refractivity contribution in [2.45, 2.75) is 6.92 Å². The maximum absolute atomic E-state index is 13.8. The number of hydrogen-bond donors (Lipinski definition) is 0. The molecule has 0 fully saturated rings. The van der Waals surface area contributed by atoms with Crippen LogP contribution in [0.1, 0.15) is 23.6 Å². The molecular formula is C28H18O. The van der Waals surface area contributed by atoms with Crippen LogP contribution >= 0.6 is 0 Å². The second kappa shape index (κ2) is 6.62. The Balaban J connectivity index is 1.90. The van der Waals surface area contributed by atoms with Crippen LogP contribution in [-0.2, 0) is 4.79 Å². The predicted molar refractivity (Wildman–Crippen MR) is 121 cm³/mol. The van der Waals surface area contributed by atoms with Crippen molar-refractivity contribution in [1.82, 2.24) is 0 Å². The lowest BCUT2D eigenvalue weighted by Crippen LogP contribution is -2.04. The number of allylic oxidation sites excluding steroid dienone is 8. The van der Waals surface area contributed by atoms with E-state index in [0.717, 1.165) is 44.6 Å². The molecule has 2 aliphatic rings. The number of hydrogen-bond acceptors (Lipinski definition) is 1. The minimum Gasteiger partial charge on any atom is -0.289 e. The molecule has 0 saturated carbocycles. The summed E-state index contributed by atoms with van der Waals surface area (Å²) in [6.45, 7) is 1.94. The molecule has 2 aliphatic carbocycles. The van der Waals surface area contributed by atoms with E-state index in [9.17, 15) is 4.79 Å². The highest BCUT2D eigenvalue weighted by Gasteiger charge is 2.39. The lowest BCUT2D eigenvalue weighted by Gasteiger charge is -2.09. The summed E-state index contributed by atoms with van der Waals surface area (Å²) in [5.74, 6) is 2.60. The van der Waals surface area contributed by atoms with Gasteiger partial charge in [-0.2, -0.15) is 0 Å². The van der Waals surface area contributed by atoms with Gasteiger partial charge in [0, 0.05) is 22.3 Å². The molecule has 0 N–H and O–H groups in total. The first-order valence-corrected chi connectivity index (χ1v) is 9.67. The Labute approximate surface area is 170 Å².